The molecular formula is C17H28N2OS. The van der Waals surface area contributed by atoms with Crippen LogP contribution in [0.4, 0.5) is 0 Å². The molecule has 0 spiro atoms. The maximum Gasteiger partial charge on any atom is 0.220 e. The van der Waals surface area contributed by atoms with Gasteiger partial charge in [0.1, 0.15) is 0 Å². The SMILES string of the molecule is CC(C)(C)CC(=O)NC[C@@H]1CCCN(Cc2cccs2)C1. The normalized spacial score (nSPS) is 20.4. The zero-order valence-electron chi connectivity index (χ0n) is 13.5. The van der Waals surface area contributed by atoms with Gasteiger partial charge in [0.15, 0.2) is 0 Å². The predicted octanol–water partition coefficient (Wildman–Crippen LogP) is 3.51. The summed E-state index contributed by atoms with van der Waals surface area (Å²) in [6.07, 6.45) is 3.08. The first kappa shape index (κ1) is 16.5. The summed E-state index contributed by atoms with van der Waals surface area (Å²) in [7, 11) is 0. The van der Waals surface area contributed by atoms with Crippen LogP contribution in [0.3, 0.4) is 0 Å². The molecule has 0 saturated carbocycles. The topological polar surface area (TPSA) is 32.3 Å². The van der Waals surface area contributed by atoms with Crippen molar-refractivity contribution >= 4 is 17.2 Å². The molecule has 1 aromatic rings. The fraction of sp³-hybridized carbons (Fsp3) is 0.706. The summed E-state index contributed by atoms with van der Waals surface area (Å²) in [5.74, 6) is 0.792. The van der Waals surface area contributed by atoms with Crippen LogP contribution in [0.15, 0.2) is 17.5 Å². The smallest absolute Gasteiger partial charge is 0.220 e. The molecule has 1 aliphatic heterocycles. The van der Waals surface area contributed by atoms with E-state index in [-0.39, 0.29) is 11.3 Å². The molecule has 1 N–H and O–H groups in total. The molecule has 1 aromatic heterocycles. The summed E-state index contributed by atoms with van der Waals surface area (Å²) >= 11 is 1.83. The lowest BCUT2D eigenvalue weighted by Crippen LogP contribution is -2.41. The average molecular weight is 308 g/mol. The summed E-state index contributed by atoms with van der Waals surface area (Å²) in [5.41, 5.74) is 0.0713. The van der Waals surface area contributed by atoms with Crippen molar-refractivity contribution in [3.63, 3.8) is 0 Å². The highest BCUT2D eigenvalue weighted by Crippen LogP contribution is 2.21. The molecule has 1 fully saturated rings. The molecule has 3 nitrogen and oxygen atoms in total. The van der Waals surface area contributed by atoms with E-state index in [0.29, 0.717) is 12.3 Å². The minimum absolute atomic E-state index is 0.0713. The van der Waals surface area contributed by atoms with Crippen molar-refractivity contribution in [3.8, 4) is 0 Å². The molecule has 4 heteroatoms. The second-order valence-corrected chi connectivity index (χ2v) is 8.40. The van der Waals surface area contributed by atoms with Crippen LogP contribution < -0.4 is 5.32 Å². The van der Waals surface area contributed by atoms with Crippen LogP contribution in [0, 0.1) is 11.3 Å². The summed E-state index contributed by atoms with van der Waals surface area (Å²) in [4.78, 5) is 15.9. The van der Waals surface area contributed by atoms with Crippen molar-refractivity contribution in [2.75, 3.05) is 19.6 Å². The maximum atomic E-state index is 11.9. The van der Waals surface area contributed by atoms with Gasteiger partial charge in [-0.15, -0.1) is 11.3 Å². The van der Waals surface area contributed by atoms with Crippen LogP contribution in [-0.4, -0.2) is 30.4 Å². The van der Waals surface area contributed by atoms with E-state index in [1.54, 1.807) is 0 Å². The zero-order valence-corrected chi connectivity index (χ0v) is 14.3. The molecule has 0 radical (unpaired) electrons. The summed E-state index contributed by atoms with van der Waals surface area (Å²) in [6, 6.07) is 4.33. The molecule has 0 unspecified atom stereocenters. The Morgan fingerprint density at radius 1 is 1.48 bits per heavy atom. The Balaban J connectivity index is 1.72. The Labute approximate surface area is 132 Å². The molecule has 0 bridgehead atoms. The van der Waals surface area contributed by atoms with E-state index in [0.717, 1.165) is 19.6 Å². The van der Waals surface area contributed by atoms with Crippen LogP contribution in [0.5, 0.6) is 0 Å². The van der Waals surface area contributed by atoms with Crippen molar-refractivity contribution in [2.45, 2.75) is 46.6 Å². The molecule has 1 saturated heterocycles. The highest BCUT2D eigenvalue weighted by atomic mass is 32.1. The van der Waals surface area contributed by atoms with Crippen molar-refractivity contribution in [2.24, 2.45) is 11.3 Å². The third-order valence-electron chi connectivity index (χ3n) is 3.84. The Hall–Kier alpha value is -0.870. The van der Waals surface area contributed by atoms with Crippen LogP contribution in [0.1, 0.15) is 44.9 Å². The first-order chi connectivity index (χ1) is 9.92. The number of carbonyl (C=O) groups excluding carboxylic acids is 1. The third kappa shape index (κ3) is 6.18. The van der Waals surface area contributed by atoms with Gasteiger partial charge in [0.2, 0.25) is 5.91 Å². The molecule has 21 heavy (non-hydrogen) atoms. The minimum atomic E-state index is 0.0713. The van der Waals surface area contributed by atoms with Gasteiger partial charge in [-0.25, -0.2) is 0 Å². The molecule has 118 valence electrons. The van der Waals surface area contributed by atoms with Gasteiger partial charge in [-0.3, -0.25) is 9.69 Å². The van der Waals surface area contributed by atoms with Gasteiger partial charge in [0.05, 0.1) is 0 Å². The largest absolute Gasteiger partial charge is 0.356 e. The van der Waals surface area contributed by atoms with Crippen LogP contribution >= 0.6 is 11.3 Å². The number of carbonyl (C=O) groups is 1. The third-order valence-corrected chi connectivity index (χ3v) is 4.70. The van der Waals surface area contributed by atoms with Crippen LogP contribution in [0.25, 0.3) is 0 Å². The highest BCUT2D eigenvalue weighted by Gasteiger charge is 2.22. The van der Waals surface area contributed by atoms with Gasteiger partial charge in [-0.05, 0) is 42.2 Å². The lowest BCUT2D eigenvalue weighted by molar-refractivity contribution is -0.123. The number of amides is 1. The van der Waals surface area contributed by atoms with Crippen molar-refractivity contribution in [3.05, 3.63) is 22.4 Å². The van der Waals surface area contributed by atoms with Crippen LogP contribution in [0.2, 0.25) is 0 Å². The highest BCUT2D eigenvalue weighted by molar-refractivity contribution is 7.09. The minimum Gasteiger partial charge on any atom is -0.356 e. The van der Waals surface area contributed by atoms with Crippen LogP contribution in [-0.2, 0) is 11.3 Å². The standard InChI is InChI=1S/C17H28N2OS/c1-17(2,3)10-16(20)18-11-14-6-4-8-19(12-14)13-15-7-5-9-21-15/h5,7,9,14H,4,6,8,10-13H2,1-3H3,(H,18,20)/t14-/m0/s1. The quantitative estimate of drug-likeness (QED) is 0.903. The van der Waals surface area contributed by atoms with E-state index >= 15 is 0 Å². The van der Waals surface area contributed by atoms with Crippen molar-refractivity contribution in [1.82, 2.24) is 10.2 Å². The van der Waals surface area contributed by atoms with Gasteiger partial charge in [-0.1, -0.05) is 26.8 Å². The van der Waals surface area contributed by atoms with E-state index in [1.165, 1.54) is 24.3 Å². The van der Waals surface area contributed by atoms with Gasteiger partial charge in [-0.2, -0.15) is 0 Å². The predicted molar refractivity (Wildman–Crippen MR) is 89.4 cm³/mol. The fourth-order valence-electron chi connectivity index (χ4n) is 2.89. The average Bonchev–Trinajstić information content (AvgIpc) is 2.88. The van der Waals surface area contributed by atoms with E-state index in [9.17, 15) is 4.79 Å². The lowest BCUT2D eigenvalue weighted by atomic mass is 9.91. The molecular weight excluding hydrogens is 280 g/mol. The van der Waals surface area contributed by atoms with Gasteiger partial charge in [0, 0.05) is 30.9 Å². The summed E-state index contributed by atoms with van der Waals surface area (Å²) < 4.78 is 0. The molecule has 0 aliphatic carbocycles. The number of hydrogen-bond acceptors (Lipinski definition) is 3. The fourth-order valence-corrected chi connectivity index (χ4v) is 3.63. The van der Waals surface area contributed by atoms with E-state index in [1.807, 2.05) is 11.3 Å². The molecule has 1 atom stereocenters. The molecule has 0 aromatic carbocycles. The first-order valence-corrected chi connectivity index (χ1v) is 8.82. The van der Waals surface area contributed by atoms with E-state index < -0.39 is 0 Å². The number of nitrogens with one attached hydrogen (secondary N) is 1. The van der Waals surface area contributed by atoms with Gasteiger partial charge < -0.3 is 5.32 Å². The Bertz CT molecular complexity index is 436. The summed E-state index contributed by atoms with van der Waals surface area (Å²) in [5, 5.41) is 5.27. The van der Waals surface area contributed by atoms with Crippen molar-refractivity contribution < 1.29 is 4.79 Å². The maximum absolute atomic E-state index is 11.9. The monoisotopic (exact) mass is 308 g/mol. The van der Waals surface area contributed by atoms with Crippen molar-refractivity contribution in [1.29, 1.82) is 0 Å². The molecule has 2 heterocycles. The number of hydrogen-bond donors (Lipinski definition) is 1. The zero-order chi connectivity index (χ0) is 15.3. The van der Waals surface area contributed by atoms with E-state index in [4.69, 9.17) is 0 Å². The molecule has 2 rings (SSSR count). The second-order valence-electron chi connectivity index (χ2n) is 7.36. The van der Waals surface area contributed by atoms with Gasteiger partial charge in [0.25, 0.3) is 0 Å². The number of thiophene rings is 1. The van der Waals surface area contributed by atoms with Gasteiger partial charge >= 0.3 is 0 Å². The Morgan fingerprint density at radius 3 is 2.95 bits per heavy atom. The second kappa shape index (κ2) is 7.41. The lowest BCUT2D eigenvalue weighted by Gasteiger charge is -2.32. The first-order valence-electron chi connectivity index (χ1n) is 7.94. The molecule has 1 amide bonds. The Kier molecular flexibility index (Phi) is 5.82. The number of rotatable bonds is 5. The van der Waals surface area contributed by atoms with E-state index in [2.05, 4.69) is 48.5 Å². The number of nitrogens with zero attached hydrogens (tertiary/aromatic N) is 1. The molecule has 1 aliphatic rings. The number of piperidine rings is 1. The summed E-state index contributed by atoms with van der Waals surface area (Å²) in [6.45, 7) is 10.5. The Morgan fingerprint density at radius 2 is 2.29 bits per heavy atom. The number of likely N-dealkylation sites (tertiary alicyclic amines) is 1.